The summed E-state index contributed by atoms with van der Waals surface area (Å²) in [5.74, 6) is 0. The van der Waals surface area contributed by atoms with Gasteiger partial charge >= 0.3 is 6.18 Å². The molecule has 0 aliphatic carbocycles. The maximum atomic E-state index is 14.0. The predicted molar refractivity (Wildman–Crippen MR) is 103 cm³/mol. The van der Waals surface area contributed by atoms with E-state index in [-0.39, 0.29) is 13.1 Å². The lowest BCUT2D eigenvalue weighted by Crippen LogP contribution is -2.31. The molecule has 0 aromatic heterocycles. The molecule has 0 amide bonds. The highest BCUT2D eigenvalue weighted by Gasteiger charge is 2.37. The molecule has 1 nitrogen and oxygen atoms in total. The average Bonchev–Trinajstić information content (AvgIpc) is 2.67. The molecule has 27 heavy (non-hydrogen) atoms. The first kappa shape index (κ1) is 18.8. The van der Waals surface area contributed by atoms with Crippen LogP contribution in [0.5, 0.6) is 0 Å². The summed E-state index contributed by atoms with van der Waals surface area (Å²) in [6, 6.07) is 27.0. The minimum Gasteiger partial charge on any atom is -0.359 e. The monoisotopic (exact) mass is 367 g/mol. The van der Waals surface area contributed by atoms with E-state index in [1.165, 1.54) is 11.0 Å². The van der Waals surface area contributed by atoms with Gasteiger partial charge in [0.1, 0.15) is 5.70 Å². The molecule has 0 saturated heterocycles. The zero-order valence-electron chi connectivity index (χ0n) is 14.7. The van der Waals surface area contributed by atoms with Crippen molar-refractivity contribution < 1.29 is 13.2 Å². The third-order valence-electron chi connectivity index (χ3n) is 4.17. The number of rotatable bonds is 6. The third-order valence-corrected chi connectivity index (χ3v) is 4.17. The first-order chi connectivity index (χ1) is 13.0. The molecule has 3 aromatic rings. The number of hydrogen-bond donors (Lipinski definition) is 0. The molecule has 0 spiro atoms. The molecule has 0 radical (unpaired) electrons. The highest BCUT2D eigenvalue weighted by Crippen LogP contribution is 2.32. The summed E-state index contributed by atoms with van der Waals surface area (Å²) in [5, 5.41) is 0. The Morgan fingerprint density at radius 1 is 0.667 bits per heavy atom. The van der Waals surface area contributed by atoms with Crippen LogP contribution in [-0.2, 0) is 13.1 Å². The Morgan fingerprint density at radius 3 is 1.48 bits per heavy atom. The molecule has 0 bridgehead atoms. The highest BCUT2D eigenvalue weighted by atomic mass is 19.4. The smallest absolute Gasteiger partial charge is 0.359 e. The second kappa shape index (κ2) is 8.58. The van der Waals surface area contributed by atoms with E-state index < -0.39 is 11.9 Å². The van der Waals surface area contributed by atoms with Crippen molar-refractivity contribution in [1.82, 2.24) is 4.90 Å². The molecule has 0 fully saturated rings. The van der Waals surface area contributed by atoms with Crippen molar-refractivity contribution in [3.63, 3.8) is 0 Å². The van der Waals surface area contributed by atoms with Gasteiger partial charge in [-0.05, 0) is 22.8 Å². The molecule has 3 aromatic carbocycles. The fraction of sp³-hybridized carbons (Fsp3) is 0.130. The molecule has 3 rings (SSSR count). The molecule has 4 heteroatoms. The fourth-order valence-electron chi connectivity index (χ4n) is 2.89. The Bertz CT molecular complexity index is 815. The van der Waals surface area contributed by atoms with Gasteiger partial charge in [-0.2, -0.15) is 13.2 Å². The van der Waals surface area contributed by atoms with Gasteiger partial charge in [-0.3, -0.25) is 0 Å². The summed E-state index contributed by atoms with van der Waals surface area (Å²) < 4.78 is 41.9. The number of halogens is 3. The van der Waals surface area contributed by atoms with E-state index in [9.17, 15) is 13.2 Å². The molecule has 138 valence electrons. The van der Waals surface area contributed by atoms with Crippen molar-refractivity contribution in [1.29, 1.82) is 0 Å². The van der Waals surface area contributed by atoms with Crippen molar-refractivity contribution in [3.05, 3.63) is 113 Å². The van der Waals surface area contributed by atoms with Gasteiger partial charge in [0.15, 0.2) is 0 Å². The molecule has 0 heterocycles. The van der Waals surface area contributed by atoms with Crippen LogP contribution in [0.25, 0.3) is 6.08 Å². The second-order valence-corrected chi connectivity index (χ2v) is 6.27. The van der Waals surface area contributed by atoms with Gasteiger partial charge in [-0.1, -0.05) is 91.0 Å². The van der Waals surface area contributed by atoms with Crippen LogP contribution in [0.1, 0.15) is 16.7 Å². The molecular weight excluding hydrogens is 347 g/mol. The van der Waals surface area contributed by atoms with Crippen LogP contribution < -0.4 is 0 Å². The van der Waals surface area contributed by atoms with Gasteiger partial charge in [0, 0.05) is 13.1 Å². The van der Waals surface area contributed by atoms with Crippen LogP contribution >= 0.6 is 0 Å². The van der Waals surface area contributed by atoms with Crippen molar-refractivity contribution in [2.75, 3.05) is 0 Å². The van der Waals surface area contributed by atoms with Crippen molar-refractivity contribution in [2.24, 2.45) is 0 Å². The Hall–Kier alpha value is -3.01. The molecule has 0 N–H and O–H groups in total. The van der Waals surface area contributed by atoms with E-state index >= 15 is 0 Å². The van der Waals surface area contributed by atoms with Gasteiger partial charge in [0.25, 0.3) is 0 Å². The van der Waals surface area contributed by atoms with Gasteiger partial charge in [0.2, 0.25) is 0 Å². The molecule has 0 aliphatic heterocycles. The first-order valence-electron chi connectivity index (χ1n) is 8.69. The number of alkyl halides is 3. The van der Waals surface area contributed by atoms with Crippen molar-refractivity contribution >= 4 is 6.08 Å². The van der Waals surface area contributed by atoms with Gasteiger partial charge in [-0.15, -0.1) is 0 Å². The van der Waals surface area contributed by atoms with Crippen molar-refractivity contribution in [3.8, 4) is 0 Å². The Balaban J connectivity index is 2.00. The summed E-state index contributed by atoms with van der Waals surface area (Å²) in [7, 11) is 0. The number of nitrogens with zero attached hydrogens (tertiary/aromatic N) is 1. The summed E-state index contributed by atoms with van der Waals surface area (Å²) >= 11 is 0. The zero-order valence-corrected chi connectivity index (χ0v) is 14.7. The standard InChI is InChI=1S/C23H20F3N/c24-23(25,26)22(16-19-10-4-1-5-11-19)27(17-20-12-6-2-7-13-20)18-21-14-8-3-9-15-21/h1-16H,17-18H2/b22-16-. The van der Waals surface area contributed by atoms with Crippen LogP contribution in [0, 0.1) is 0 Å². The topological polar surface area (TPSA) is 3.24 Å². The molecule has 0 aliphatic rings. The lowest BCUT2D eigenvalue weighted by atomic mass is 10.1. The fourth-order valence-corrected chi connectivity index (χ4v) is 2.89. The van der Waals surface area contributed by atoms with Gasteiger partial charge < -0.3 is 4.90 Å². The molecule has 0 saturated carbocycles. The molecule has 0 atom stereocenters. The van der Waals surface area contributed by atoms with E-state index in [0.29, 0.717) is 5.56 Å². The average molecular weight is 367 g/mol. The lowest BCUT2D eigenvalue weighted by Gasteiger charge is -2.29. The Morgan fingerprint density at radius 2 is 1.07 bits per heavy atom. The quantitative estimate of drug-likeness (QED) is 0.495. The van der Waals surface area contributed by atoms with E-state index in [1.807, 2.05) is 60.7 Å². The van der Waals surface area contributed by atoms with Crippen LogP contribution in [0.3, 0.4) is 0 Å². The second-order valence-electron chi connectivity index (χ2n) is 6.27. The summed E-state index contributed by atoms with van der Waals surface area (Å²) in [6.07, 6.45) is -3.24. The van der Waals surface area contributed by atoms with Crippen LogP contribution in [0.2, 0.25) is 0 Å². The van der Waals surface area contributed by atoms with E-state index in [1.54, 1.807) is 30.3 Å². The first-order valence-corrected chi connectivity index (χ1v) is 8.69. The normalized spacial score (nSPS) is 12.0. The van der Waals surface area contributed by atoms with E-state index in [4.69, 9.17) is 0 Å². The van der Waals surface area contributed by atoms with E-state index in [2.05, 4.69) is 0 Å². The van der Waals surface area contributed by atoms with E-state index in [0.717, 1.165) is 11.1 Å². The maximum absolute atomic E-state index is 14.0. The van der Waals surface area contributed by atoms with Crippen LogP contribution in [0.4, 0.5) is 13.2 Å². The molecule has 0 unspecified atom stereocenters. The number of hydrogen-bond acceptors (Lipinski definition) is 1. The predicted octanol–water partition coefficient (Wildman–Crippen LogP) is 6.29. The van der Waals surface area contributed by atoms with Crippen LogP contribution in [0.15, 0.2) is 96.7 Å². The minimum atomic E-state index is -4.46. The number of allylic oxidation sites excluding steroid dienone is 1. The largest absolute Gasteiger partial charge is 0.431 e. The van der Waals surface area contributed by atoms with Gasteiger partial charge in [-0.25, -0.2) is 0 Å². The molecular formula is C23H20F3N. The van der Waals surface area contributed by atoms with Gasteiger partial charge in [0.05, 0.1) is 0 Å². The SMILES string of the molecule is FC(F)(F)/C(=C/c1ccccc1)N(Cc1ccccc1)Cc1ccccc1. The number of benzene rings is 3. The van der Waals surface area contributed by atoms with Crippen molar-refractivity contribution in [2.45, 2.75) is 19.3 Å². The highest BCUT2D eigenvalue weighted by molar-refractivity contribution is 5.53. The lowest BCUT2D eigenvalue weighted by molar-refractivity contribution is -0.112. The maximum Gasteiger partial charge on any atom is 0.431 e. The van der Waals surface area contributed by atoms with Crippen LogP contribution in [-0.4, -0.2) is 11.1 Å². The zero-order chi connectivity index (χ0) is 19.1. The summed E-state index contributed by atoms with van der Waals surface area (Å²) in [6.45, 7) is 0.349. The summed E-state index contributed by atoms with van der Waals surface area (Å²) in [4.78, 5) is 1.39. The Kier molecular flexibility index (Phi) is 5.97. The third kappa shape index (κ3) is 5.48. The Labute approximate surface area is 157 Å². The summed E-state index contributed by atoms with van der Waals surface area (Å²) in [5.41, 5.74) is 1.53. The minimum absolute atomic E-state index is 0.175.